The molecule has 0 aliphatic carbocycles. The maximum atomic E-state index is 5.90. The van der Waals surface area contributed by atoms with E-state index in [4.69, 9.17) is 10.5 Å². The molecule has 0 aliphatic heterocycles. The van der Waals surface area contributed by atoms with Crippen molar-refractivity contribution in [3.05, 3.63) is 35.9 Å². The van der Waals surface area contributed by atoms with Gasteiger partial charge in [-0.2, -0.15) is 0 Å². The summed E-state index contributed by atoms with van der Waals surface area (Å²) >= 11 is 0. The van der Waals surface area contributed by atoms with Gasteiger partial charge in [0, 0.05) is 13.7 Å². The first-order valence-electron chi connectivity index (χ1n) is 5.83. The third kappa shape index (κ3) is 3.74. The standard InChI is InChI=1S/C13H23NOSi/c1-15-10-13(16(2,3)11-14)9-12-7-5-4-6-8-12/h4-8,13H,9-11,14H2,1-3H3. The van der Waals surface area contributed by atoms with Crippen molar-refractivity contribution in [2.24, 2.45) is 5.73 Å². The molecule has 1 aromatic rings. The van der Waals surface area contributed by atoms with Gasteiger partial charge in [0.1, 0.15) is 0 Å². The van der Waals surface area contributed by atoms with Crippen molar-refractivity contribution in [1.29, 1.82) is 0 Å². The summed E-state index contributed by atoms with van der Waals surface area (Å²) in [6, 6.07) is 10.6. The second-order valence-corrected chi connectivity index (χ2v) is 10.2. The molecule has 1 unspecified atom stereocenters. The molecule has 16 heavy (non-hydrogen) atoms. The van der Waals surface area contributed by atoms with Crippen LogP contribution in [0.3, 0.4) is 0 Å². The normalized spacial score (nSPS) is 13.8. The first-order valence-corrected chi connectivity index (χ1v) is 9.11. The van der Waals surface area contributed by atoms with Gasteiger partial charge in [-0.25, -0.2) is 0 Å². The van der Waals surface area contributed by atoms with Gasteiger partial charge in [0.2, 0.25) is 0 Å². The Labute approximate surface area is 99.8 Å². The number of benzene rings is 1. The molecule has 0 saturated heterocycles. The Hall–Kier alpha value is -0.643. The summed E-state index contributed by atoms with van der Waals surface area (Å²) in [6.45, 7) is 5.52. The van der Waals surface area contributed by atoms with Crippen LogP contribution in [0.2, 0.25) is 18.6 Å². The van der Waals surface area contributed by atoms with E-state index in [1.807, 2.05) is 0 Å². The van der Waals surface area contributed by atoms with E-state index in [0.29, 0.717) is 5.54 Å². The summed E-state index contributed by atoms with van der Waals surface area (Å²) in [5, 5.41) is 0. The molecule has 1 atom stereocenters. The number of rotatable bonds is 6. The highest BCUT2D eigenvalue weighted by molar-refractivity contribution is 6.79. The molecule has 90 valence electrons. The fourth-order valence-corrected chi connectivity index (χ4v) is 3.57. The van der Waals surface area contributed by atoms with Gasteiger partial charge in [-0.3, -0.25) is 0 Å². The second kappa shape index (κ2) is 6.18. The van der Waals surface area contributed by atoms with Crippen molar-refractivity contribution >= 4 is 8.07 Å². The lowest BCUT2D eigenvalue weighted by molar-refractivity contribution is 0.193. The molecule has 0 heterocycles. The van der Waals surface area contributed by atoms with Crippen molar-refractivity contribution in [3.63, 3.8) is 0 Å². The van der Waals surface area contributed by atoms with Gasteiger partial charge in [0.15, 0.2) is 0 Å². The Kier molecular flexibility index (Phi) is 5.18. The van der Waals surface area contributed by atoms with Gasteiger partial charge in [-0.1, -0.05) is 43.4 Å². The largest absolute Gasteiger partial charge is 0.385 e. The van der Waals surface area contributed by atoms with E-state index in [0.717, 1.165) is 19.2 Å². The molecule has 0 aliphatic rings. The summed E-state index contributed by atoms with van der Waals surface area (Å²) in [5.74, 6) is 0. The highest BCUT2D eigenvalue weighted by Gasteiger charge is 2.30. The predicted molar refractivity (Wildman–Crippen MR) is 72.3 cm³/mol. The number of nitrogens with two attached hydrogens (primary N) is 1. The summed E-state index contributed by atoms with van der Waals surface area (Å²) < 4.78 is 5.34. The molecule has 0 radical (unpaired) electrons. The summed E-state index contributed by atoms with van der Waals surface area (Å²) in [6.07, 6.45) is 1.92. The summed E-state index contributed by atoms with van der Waals surface area (Å²) in [7, 11) is 0.419. The van der Waals surface area contributed by atoms with Crippen molar-refractivity contribution < 1.29 is 4.74 Å². The van der Waals surface area contributed by atoms with Crippen LogP contribution in [0.4, 0.5) is 0 Å². The Bertz CT molecular complexity index is 300. The van der Waals surface area contributed by atoms with Crippen LogP contribution in [0, 0.1) is 0 Å². The van der Waals surface area contributed by atoms with Gasteiger partial charge < -0.3 is 10.5 Å². The summed E-state index contributed by atoms with van der Waals surface area (Å²) in [4.78, 5) is 0. The molecule has 0 bridgehead atoms. The zero-order chi connectivity index (χ0) is 12.0. The van der Waals surface area contributed by atoms with Crippen molar-refractivity contribution in [3.8, 4) is 0 Å². The molecular formula is C13H23NOSi. The predicted octanol–water partition coefficient (Wildman–Crippen LogP) is 2.45. The van der Waals surface area contributed by atoms with E-state index in [1.54, 1.807) is 7.11 Å². The van der Waals surface area contributed by atoms with Crippen LogP contribution in [0.15, 0.2) is 30.3 Å². The molecule has 1 aromatic carbocycles. The van der Waals surface area contributed by atoms with Crippen LogP contribution in [0.1, 0.15) is 5.56 Å². The molecule has 0 saturated carbocycles. The van der Waals surface area contributed by atoms with Crippen molar-refractivity contribution in [1.82, 2.24) is 0 Å². The average molecular weight is 237 g/mol. The van der Waals surface area contributed by atoms with Crippen LogP contribution < -0.4 is 5.73 Å². The molecule has 0 aromatic heterocycles. The Morgan fingerprint density at radius 2 is 1.88 bits per heavy atom. The highest BCUT2D eigenvalue weighted by atomic mass is 28.3. The minimum atomic E-state index is -1.36. The molecule has 1 rings (SSSR count). The summed E-state index contributed by atoms with van der Waals surface area (Å²) in [5.41, 5.74) is 7.89. The second-order valence-electron chi connectivity index (χ2n) is 5.03. The SMILES string of the molecule is COCC(Cc1ccccc1)[Si](C)(C)CN. The van der Waals surface area contributed by atoms with Crippen LogP contribution in [-0.2, 0) is 11.2 Å². The maximum Gasteiger partial charge on any atom is 0.0680 e. The van der Waals surface area contributed by atoms with Crippen molar-refractivity contribution in [2.45, 2.75) is 25.1 Å². The number of methoxy groups -OCH3 is 1. The number of hydrogen-bond acceptors (Lipinski definition) is 2. The van der Waals surface area contributed by atoms with Crippen LogP contribution >= 0.6 is 0 Å². The van der Waals surface area contributed by atoms with E-state index >= 15 is 0 Å². The fraction of sp³-hybridized carbons (Fsp3) is 0.538. The third-order valence-electron chi connectivity index (χ3n) is 3.32. The highest BCUT2D eigenvalue weighted by Crippen LogP contribution is 2.25. The average Bonchev–Trinajstić information content (AvgIpc) is 2.30. The van der Waals surface area contributed by atoms with Crippen LogP contribution in [0.5, 0.6) is 0 Å². The minimum absolute atomic E-state index is 0.602. The van der Waals surface area contributed by atoms with Crippen LogP contribution in [0.25, 0.3) is 0 Å². The zero-order valence-corrected chi connectivity index (χ0v) is 11.6. The fourth-order valence-electron chi connectivity index (χ4n) is 1.83. The Morgan fingerprint density at radius 1 is 1.25 bits per heavy atom. The van der Waals surface area contributed by atoms with Crippen molar-refractivity contribution in [2.75, 3.05) is 19.9 Å². The lowest BCUT2D eigenvalue weighted by atomic mass is 10.1. The molecule has 0 spiro atoms. The van der Waals surface area contributed by atoms with Crippen LogP contribution in [-0.4, -0.2) is 28.0 Å². The molecular weight excluding hydrogens is 214 g/mol. The molecule has 0 amide bonds. The van der Waals surface area contributed by atoms with E-state index in [1.165, 1.54) is 5.56 Å². The van der Waals surface area contributed by atoms with E-state index < -0.39 is 8.07 Å². The molecule has 2 N–H and O–H groups in total. The third-order valence-corrected chi connectivity index (χ3v) is 6.96. The van der Waals surface area contributed by atoms with E-state index in [2.05, 4.69) is 43.4 Å². The lowest BCUT2D eigenvalue weighted by Gasteiger charge is -2.31. The lowest BCUT2D eigenvalue weighted by Crippen LogP contribution is -2.44. The number of hydrogen-bond donors (Lipinski definition) is 1. The van der Waals surface area contributed by atoms with Gasteiger partial charge in [-0.15, -0.1) is 0 Å². The molecule has 2 nitrogen and oxygen atoms in total. The molecule has 0 fully saturated rings. The van der Waals surface area contributed by atoms with Gasteiger partial charge >= 0.3 is 0 Å². The first-order chi connectivity index (χ1) is 7.60. The van der Waals surface area contributed by atoms with Gasteiger partial charge in [0.05, 0.1) is 8.07 Å². The van der Waals surface area contributed by atoms with Gasteiger partial charge in [-0.05, 0) is 23.7 Å². The Balaban J connectivity index is 2.72. The molecule has 3 heteroatoms. The topological polar surface area (TPSA) is 35.2 Å². The van der Waals surface area contributed by atoms with E-state index in [9.17, 15) is 0 Å². The Morgan fingerprint density at radius 3 is 2.38 bits per heavy atom. The zero-order valence-electron chi connectivity index (χ0n) is 10.6. The number of ether oxygens (including phenoxy) is 1. The quantitative estimate of drug-likeness (QED) is 0.771. The first kappa shape index (κ1) is 13.4. The monoisotopic (exact) mass is 237 g/mol. The maximum absolute atomic E-state index is 5.90. The van der Waals surface area contributed by atoms with Gasteiger partial charge in [0.25, 0.3) is 0 Å². The smallest absolute Gasteiger partial charge is 0.0680 e. The van der Waals surface area contributed by atoms with E-state index in [-0.39, 0.29) is 0 Å². The minimum Gasteiger partial charge on any atom is -0.385 e.